The van der Waals surface area contributed by atoms with Crippen molar-refractivity contribution in [1.29, 1.82) is 0 Å². The molecule has 1 atom stereocenters. The molecule has 4 rings (SSSR count). The van der Waals surface area contributed by atoms with Gasteiger partial charge in [-0.05, 0) is 55.1 Å². The molecule has 1 heterocycles. The number of rotatable bonds is 4. The second-order valence-corrected chi connectivity index (χ2v) is 7.72. The van der Waals surface area contributed by atoms with Gasteiger partial charge in [0.25, 0.3) is 0 Å². The van der Waals surface area contributed by atoms with Crippen LogP contribution in [-0.4, -0.2) is 43.1 Å². The second kappa shape index (κ2) is 6.70. The number of nitrogens with zero attached hydrogens (tertiary/aromatic N) is 1. The third-order valence-corrected chi connectivity index (χ3v) is 5.98. The summed E-state index contributed by atoms with van der Waals surface area (Å²) < 4.78 is 4.95. The lowest BCUT2D eigenvalue weighted by molar-refractivity contribution is -0.138. The van der Waals surface area contributed by atoms with Gasteiger partial charge in [0.15, 0.2) is 0 Å². The molecule has 1 aromatic carbocycles. The van der Waals surface area contributed by atoms with Gasteiger partial charge in [-0.1, -0.05) is 24.3 Å². The zero-order chi connectivity index (χ0) is 17.4. The van der Waals surface area contributed by atoms with E-state index in [1.165, 1.54) is 24.0 Å². The fourth-order valence-corrected chi connectivity index (χ4v) is 3.99. The molecule has 2 amide bonds. The molecule has 0 unspecified atom stereocenters. The number of benzene rings is 1. The molecule has 134 valence electrons. The molecule has 0 spiro atoms. The fraction of sp³-hybridized carbons (Fsp3) is 0.600. The van der Waals surface area contributed by atoms with Crippen molar-refractivity contribution in [3.63, 3.8) is 0 Å². The smallest absolute Gasteiger partial charge is 0.407 e. The highest BCUT2D eigenvalue weighted by molar-refractivity contribution is 5.80. The van der Waals surface area contributed by atoms with Crippen LogP contribution in [-0.2, 0) is 9.53 Å². The van der Waals surface area contributed by atoms with Crippen LogP contribution >= 0.6 is 0 Å². The Labute approximate surface area is 148 Å². The van der Waals surface area contributed by atoms with E-state index in [1.807, 2.05) is 11.9 Å². The molecule has 1 aromatic rings. The van der Waals surface area contributed by atoms with Crippen molar-refractivity contribution in [2.75, 3.05) is 20.2 Å². The molecule has 2 saturated carbocycles. The molecule has 1 N–H and O–H groups in total. The quantitative estimate of drug-likeness (QED) is 0.915. The molecule has 0 radical (unpaired) electrons. The maximum Gasteiger partial charge on any atom is 0.407 e. The van der Waals surface area contributed by atoms with E-state index in [0.29, 0.717) is 31.5 Å². The summed E-state index contributed by atoms with van der Waals surface area (Å²) in [6, 6.07) is 9.34. The number of cyclic esters (lactones) is 1. The van der Waals surface area contributed by atoms with Crippen molar-refractivity contribution >= 4 is 12.0 Å². The van der Waals surface area contributed by atoms with E-state index in [1.54, 1.807) is 0 Å². The van der Waals surface area contributed by atoms with Gasteiger partial charge >= 0.3 is 6.09 Å². The zero-order valence-electron chi connectivity index (χ0n) is 14.7. The molecule has 1 saturated heterocycles. The van der Waals surface area contributed by atoms with E-state index in [2.05, 4.69) is 29.6 Å². The minimum Gasteiger partial charge on any atom is -0.450 e. The van der Waals surface area contributed by atoms with Gasteiger partial charge in [-0.2, -0.15) is 0 Å². The lowest BCUT2D eigenvalue weighted by Crippen LogP contribution is -2.48. The molecule has 25 heavy (non-hydrogen) atoms. The van der Waals surface area contributed by atoms with Crippen LogP contribution in [0.4, 0.5) is 4.79 Å². The van der Waals surface area contributed by atoms with E-state index in [0.717, 1.165) is 18.8 Å². The third-order valence-electron chi connectivity index (χ3n) is 5.98. The number of hydrogen-bond acceptors (Lipinski definition) is 3. The van der Waals surface area contributed by atoms with Crippen LogP contribution in [0.2, 0.25) is 0 Å². The first-order valence-corrected chi connectivity index (χ1v) is 9.39. The van der Waals surface area contributed by atoms with Gasteiger partial charge in [0, 0.05) is 19.6 Å². The van der Waals surface area contributed by atoms with Crippen LogP contribution < -0.4 is 5.32 Å². The molecule has 0 aromatic heterocycles. The summed E-state index contributed by atoms with van der Waals surface area (Å²) in [5.74, 6) is 1.30. The van der Waals surface area contributed by atoms with E-state index in [4.69, 9.17) is 4.74 Å². The summed E-state index contributed by atoms with van der Waals surface area (Å²) >= 11 is 0. The Morgan fingerprint density at radius 1 is 1.16 bits per heavy atom. The van der Waals surface area contributed by atoms with Gasteiger partial charge in [0.2, 0.25) is 5.91 Å². The number of carbonyl (C=O) groups is 2. The third kappa shape index (κ3) is 3.51. The van der Waals surface area contributed by atoms with Crippen LogP contribution in [0, 0.1) is 5.92 Å². The first-order chi connectivity index (χ1) is 12.1. The summed E-state index contributed by atoms with van der Waals surface area (Å²) in [4.78, 5) is 25.8. The molecular formula is C20H26N2O3. The normalized spacial score (nSPS) is 29.0. The summed E-state index contributed by atoms with van der Waals surface area (Å²) in [6.07, 6.45) is 4.90. The fourth-order valence-electron chi connectivity index (χ4n) is 3.99. The Bertz CT molecular complexity index is 665. The van der Waals surface area contributed by atoms with E-state index in [9.17, 15) is 9.59 Å². The average molecular weight is 342 g/mol. The molecule has 2 aliphatic carbocycles. The Morgan fingerprint density at radius 3 is 2.60 bits per heavy atom. The highest BCUT2D eigenvalue weighted by Crippen LogP contribution is 2.44. The molecule has 0 bridgehead atoms. The van der Waals surface area contributed by atoms with Gasteiger partial charge in [-0.3, -0.25) is 4.79 Å². The lowest BCUT2D eigenvalue weighted by atomic mass is 9.74. The first kappa shape index (κ1) is 16.4. The summed E-state index contributed by atoms with van der Waals surface area (Å²) in [5, 5.41) is 2.65. The molecule has 3 aliphatic rings. The summed E-state index contributed by atoms with van der Waals surface area (Å²) in [6.45, 7) is 0.693. The molecule has 5 nitrogen and oxygen atoms in total. The number of alkyl carbamates (subject to hydrolysis) is 1. The number of carbonyl (C=O) groups excluding carboxylic acids is 2. The van der Waals surface area contributed by atoms with E-state index < -0.39 is 6.09 Å². The number of nitrogens with one attached hydrogen (secondary N) is 1. The highest BCUT2D eigenvalue weighted by Gasteiger charge is 2.37. The van der Waals surface area contributed by atoms with Crippen LogP contribution in [0.5, 0.6) is 0 Å². The first-order valence-electron chi connectivity index (χ1n) is 9.39. The zero-order valence-corrected chi connectivity index (χ0v) is 14.7. The molecule has 3 fully saturated rings. The largest absolute Gasteiger partial charge is 0.450 e. The van der Waals surface area contributed by atoms with Crippen LogP contribution in [0.3, 0.4) is 0 Å². The maximum absolute atomic E-state index is 12.7. The van der Waals surface area contributed by atoms with E-state index >= 15 is 0 Å². The van der Waals surface area contributed by atoms with Gasteiger partial charge in [0.1, 0.15) is 0 Å². The monoisotopic (exact) mass is 342 g/mol. The number of hydrogen-bond donors (Lipinski definition) is 1. The van der Waals surface area contributed by atoms with E-state index in [-0.39, 0.29) is 11.8 Å². The predicted molar refractivity (Wildman–Crippen MR) is 94.4 cm³/mol. The van der Waals surface area contributed by atoms with Crippen molar-refractivity contribution in [3.8, 4) is 0 Å². The van der Waals surface area contributed by atoms with Crippen molar-refractivity contribution < 1.29 is 14.3 Å². The summed E-state index contributed by atoms with van der Waals surface area (Å²) in [7, 11) is 1.90. The van der Waals surface area contributed by atoms with Gasteiger partial charge in [-0.25, -0.2) is 4.79 Å². The maximum atomic E-state index is 12.7. The topological polar surface area (TPSA) is 58.6 Å². The Kier molecular flexibility index (Phi) is 4.40. The predicted octanol–water partition coefficient (Wildman–Crippen LogP) is 3.01. The van der Waals surface area contributed by atoms with Gasteiger partial charge in [-0.15, -0.1) is 0 Å². The van der Waals surface area contributed by atoms with Crippen molar-refractivity contribution in [1.82, 2.24) is 10.2 Å². The minimum absolute atomic E-state index is 0.126. The molecule has 5 heteroatoms. The van der Waals surface area contributed by atoms with Crippen LogP contribution in [0.15, 0.2) is 24.3 Å². The Morgan fingerprint density at radius 2 is 1.88 bits per heavy atom. The Balaban J connectivity index is 1.32. The summed E-state index contributed by atoms with van der Waals surface area (Å²) in [5.41, 5.74) is 2.91. The molecular weight excluding hydrogens is 316 g/mol. The second-order valence-electron chi connectivity index (χ2n) is 7.72. The Hall–Kier alpha value is -2.04. The highest BCUT2D eigenvalue weighted by atomic mass is 16.5. The molecule has 1 aliphatic heterocycles. The van der Waals surface area contributed by atoms with Gasteiger partial charge in [0.05, 0.1) is 12.5 Å². The lowest BCUT2D eigenvalue weighted by Gasteiger charge is -2.42. The van der Waals surface area contributed by atoms with Crippen LogP contribution in [0.25, 0.3) is 0 Å². The standard InChI is InChI=1S/C20H26N2O3/c1-22(19(23)16-7-8-25-20(24)21-12-16)18-10-17(11-18)15-4-2-3-14(9-15)13-5-6-13/h2-4,9,13,16-18H,5-8,10-12H2,1H3,(H,21,24)/t16-,17?,18?/m1/s1. The number of amides is 2. The van der Waals surface area contributed by atoms with Crippen LogP contribution in [0.1, 0.15) is 55.1 Å². The average Bonchev–Trinajstić information content (AvgIpc) is 3.41. The van der Waals surface area contributed by atoms with Gasteiger partial charge < -0.3 is 15.0 Å². The minimum atomic E-state index is -0.419. The van der Waals surface area contributed by atoms with Crippen molar-refractivity contribution in [2.45, 2.75) is 50.0 Å². The number of ether oxygens (including phenoxy) is 1. The SMILES string of the molecule is CN(C(=O)[C@@H]1CCOC(=O)NC1)C1CC(c2cccc(C3CC3)c2)C1. The van der Waals surface area contributed by atoms with Crippen molar-refractivity contribution in [2.24, 2.45) is 5.92 Å². The van der Waals surface area contributed by atoms with Crippen molar-refractivity contribution in [3.05, 3.63) is 35.4 Å².